The zero-order chi connectivity index (χ0) is 14.5. The van der Waals surface area contributed by atoms with Crippen molar-refractivity contribution in [1.29, 1.82) is 0 Å². The normalized spacial score (nSPS) is 11.6. The van der Waals surface area contributed by atoms with E-state index in [0.29, 0.717) is 17.2 Å². The molecule has 6 heteroatoms. The summed E-state index contributed by atoms with van der Waals surface area (Å²) in [6, 6.07) is 3.54. The molecule has 0 aromatic heterocycles. The monoisotopic (exact) mass is 305 g/mol. The van der Waals surface area contributed by atoms with Crippen LogP contribution >= 0.6 is 11.6 Å². The van der Waals surface area contributed by atoms with Crippen LogP contribution in [0.2, 0.25) is 5.02 Å². The molecule has 0 atom stereocenters. The van der Waals surface area contributed by atoms with E-state index < -0.39 is 10.0 Å². The molecule has 0 aliphatic rings. The fourth-order valence-corrected chi connectivity index (χ4v) is 2.99. The molecule has 0 unspecified atom stereocenters. The van der Waals surface area contributed by atoms with Crippen LogP contribution in [0.15, 0.2) is 12.1 Å². The molecule has 0 bridgehead atoms. The molecule has 0 fully saturated rings. The Balaban J connectivity index is 2.80. The van der Waals surface area contributed by atoms with Gasteiger partial charge in [0, 0.05) is 17.1 Å². The number of methoxy groups -OCH3 is 1. The smallest absolute Gasteiger partial charge is 0.211 e. The Morgan fingerprint density at radius 2 is 2.05 bits per heavy atom. The van der Waals surface area contributed by atoms with Gasteiger partial charge >= 0.3 is 0 Å². The number of unbranched alkanes of at least 4 members (excludes halogenated alkanes) is 1. The molecule has 0 saturated carbocycles. The first-order chi connectivity index (χ1) is 8.89. The minimum atomic E-state index is -3.24. The zero-order valence-corrected chi connectivity index (χ0v) is 13.1. The van der Waals surface area contributed by atoms with Gasteiger partial charge in [-0.3, -0.25) is 0 Å². The van der Waals surface area contributed by atoms with Gasteiger partial charge in [-0.1, -0.05) is 24.9 Å². The molecule has 1 rings (SSSR count). The van der Waals surface area contributed by atoms with Crippen molar-refractivity contribution in [2.75, 3.05) is 12.9 Å². The van der Waals surface area contributed by atoms with Gasteiger partial charge in [0.1, 0.15) is 5.75 Å². The Hall–Kier alpha value is -0.780. The van der Waals surface area contributed by atoms with Crippen LogP contribution in [0.3, 0.4) is 0 Å². The van der Waals surface area contributed by atoms with Crippen LogP contribution in [-0.4, -0.2) is 21.3 Å². The number of nitrogens with one attached hydrogen (secondary N) is 1. The van der Waals surface area contributed by atoms with Crippen LogP contribution in [0.1, 0.15) is 30.9 Å². The summed E-state index contributed by atoms with van der Waals surface area (Å²) in [5.74, 6) is 0.783. The molecule has 1 aromatic carbocycles. The molecule has 0 aliphatic heterocycles. The van der Waals surface area contributed by atoms with E-state index in [1.165, 1.54) is 0 Å². The Kier molecular flexibility index (Phi) is 6.10. The summed E-state index contributed by atoms with van der Waals surface area (Å²) in [5, 5.41) is 0.601. The number of hydrogen-bond donors (Lipinski definition) is 1. The van der Waals surface area contributed by atoms with Gasteiger partial charge in [-0.05, 0) is 31.0 Å². The van der Waals surface area contributed by atoms with E-state index in [0.717, 1.165) is 17.5 Å². The maximum atomic E-state index is 11.7. The van der Waals surface area contributed by atoms with Crippen LogP contribution in [0, 0.1) is 6.92 Å². The van der Waals surface area contributed by atoms with Gasteiger partial charge in [-0.15, -0.1) is 0 Å². The number of rotatable bonds is 7. The highest BCUT2D eigenvalue weighted by Gasteiger charge is 2.12. The molecule has 0 amide bonds. The fourth-order valence-electron chi connectivity index (χ4n) is 1.62. The van der Waals surface area contributed by atoms with Crippen LogP contribution in [0.25, 0.3) is 0 Å². The van der Waals surface area contributed by atoms with Crippen molar-refractivity contribution < 1.29 is 13.2 Å². The topological polar surface area (TPSA) is 55.4 Å². The zero-order valence-electron chi connectivity index (χ0n) is 11.5. The second kappa shape index (κ2) is 7.12. The highest BCUT2D eigenvalue weighted by Crippen LogP contribution is 2.26. The number of ether oxygens (including phenoxy) is 1. The summed E-state index contributed by atoms with van der Waals surface area (Å²) >= 11 is 6.04. The Bertz CT molecular complexity index is 529. The minimum Gasteiger partial charge on any atom is -0.496 e. The van der Waals surface area contributed by atoms with E-state index in [4.69, 9.17) is 16.3 Å². The molecule has 0 saturated heterocycles. The molecule has 19 heavy (non-hydrogen) atoms. The molecule has 0 heterocycles. The van der Waals surface area contributed by atoms with Gasteiger partial charge < -0.3 is 4.74 Å². The molecule has 1 aromatic rings. The first-order valence-corrected chi connectivity index (χ1v) is 8.23. The van der Waals surface area contributed by atoms with Crippen molar-refractivity contribution in [3.8, 4) is 5.75 Å². The third kappa shape index (κ3) is 5.01. The second-order valence-electron chi connectivity index (χ2n) is 4.41. The van der Waals surface area contributed by atoms with Crippen LogP contribution in [0.5, 0.6) is 5.75 Å². The fraction of sp³-hybridized carbons (Fsp3) is 0.538. The number of benzene rings is 1. The first-order valence-electron chi connectivity index (χ1n) is 6.20. The van der Waals surface area contributed by atoms with Crippen LogP contribution in [-0.2, 0) is 16.6 Å². The van der Waals surface area contributed by atoms with Crippen molar-refractivity contribution in [1.82, 2.24) is 4.72 Å². The lowest BCUT2D eigenvalue weighted by atomic mass is 10.1. The first kappa shape index (κ1) is 16.3. The van der Waals surface area contributed by atoms with Gasteiger partial charge in [0.25, 0.3) is 0 Å². The third-order valence-electron chi connectivity index (χ3n) is 2.81. The molecule has 108 valence electrons. The molecule has 0 radical (unpaired) electrons. The van der Waals surface area contributed by atoms with Crippen molar-refractivity contribution in [2.45, 2.75) is 33.2 Å². The third-order valence-corrected chi connectivity index (χ3v) is 4.63. The van der Waals surface area contributed by atoms with Crippen molar-refractivity contribution in [2.24, 2.45) is 0 Å². The summed E-state index contributed by atoms with van der Waals surface area (Å²) in [6.45, 7) is 4.02. The number of hydrogen-bond acceptors (Lipinski definition) is 3. The van der Waals surface area contributed by atoms with Crippen molar-refractivity contribution >= 4 is 21.6 Å². The van der Waals surface area contributed by atoms with E-state index in [2.05, 4.69) is 4.72 Å². The van der Waals surface area contributed by atoms with Crippen LogP contribution < -0.4 is 9.46 Å². The Morgan fingerprint density at radius 1 is 1.37 bits per heavy atom. The summed E-state index contributed by atoms with van der Waals surface area (Å²) in [7, 11) is -1.69. The standard InChI is InChI=1S/C13H20ClNO3S/c1-4-5-6-19(16,17)15-9-11-8-12(14)10(2)7-13(11)18-3/h7-8,15H,4-6,9H2,1-3H3. The summed E-state index contributed by atoms with van der Waals surface area (Å²) < 4.78 is 31.3. The van der Waals surface area contributed by atoms with E-state index in [-0.39, 0.29) is 12.3 Å². The molecule has 4 nitrogen and oxygen atoms in total. The summed E-state index contributed by atoms with van der Waals surface area (Å²) in [6.07, 6.45) is 1.50. The Morgan fingerprint density at radius 3 is 2.63 bits per heavy atom. The minimum absolute atomic E-state index is 0.144. The second-order valence-corrected chi connectivity index (χ2v) is 6.74. The van der Waals surface area contributed by atoms with Gasteiger partial charge in [0.2, 0.25) is 10.0 Å². The predicted octanol–water partition coefficient (Wildman–Crippen LogP) is 2.88. The lowest BCUT2D eigenvalue weighted by Crippen LogP contribution is -2.26. The van der Waals surface area contributed by atoms with Gasteiger partial charge in [-0.2, -0.15) is 0 Å². The molecular weight excluding hydrogens is 286 g/mol. The highest BCUT2D eigenvalue weighted by atomic mass is 35.5. The quantitative estimate of drug-likeness (QED) is 0.842. The van der Waals surface area contributed by atoms with E-state index in [1.807, 2.05) is 13.8 Å². The van der Waals surface area contributed by atoms with E-state index in [9.17, 15) is 8.42 Å². The van der Waals surface area contributed by atoms with Crippen molar-refractivity contribution in [3.63, 3.8) is 0 Å². The van der Waals surface area contributed by atoms with Gasteiger partial charge in [0.05, 0.1) is 12.9 Å². The lowest BCUT2D eigenvalue weighted by Gasteiger charge is -2.12. The largest absolute Gasteiger partial charge is 0.496 e. The van der Waals surface area contributed by atoms with E-state index in [1.54, 1.807) is 19.2 Å². The highest BCUT2D eigenvalue weighted by molar-refractivity contribution is 7.89. The predicted molar refractivity (Wildman–Crippen MR) is 78.3 cm³/mol. The van der Waals surface area contributed by atoms with Crippen LogP contribution in [0.4, 0.5) is 0 Å². The summed E-state index contributed by atoms with van der Waals surface area (Å²) in [4.78, 5) is 0. The summed E-state index contributed by atoms with van der Waals surface area (Å²) in [5.41, 5.74) is 1.63. The van der Waals surface area contributed by atoms with Crippen molar-refractivity contribution in [3.05, 3.63) is 28.3 Å². The Labute approximate surface area is 120 Å². The molecule has 0 aliphatic carbocycles. The number of sulfonamides is 1. The lowest BCUT2D eigenvalue weighted by molar-refractivity contribution is 0.409. The maximum Gasteiger partial charge on any atom is 0.211 e. The average molecular weight is 306 g/mol. The van der Waals surface area contributed by atoms with E-state index >= 15 is 0 Å². The number of halogens is 1. The average Bonchev–Trinajstić information content (AvgIpc) is 2.37. The molecule has 1 N–H and O–H groups in total. The number of aryl methyl sites for hydroxylation is 1. The molecule has 0 spiro atoms. The van der Waals surface area contributed by atoms with Gasteiger partial charge in [-0.25, -0.2) is 13.1 Å². The SMILES string of the molecule is CCCCS(=O)(=O)NCc1cc(Cl)c(C)cc1OC. The molecular formula is C13H20ClNO3S. The van der Waals surface area contributed by atoms with Gasteiger partial charge in [0.15, 0.2) is 0 Å². The maximum absolute atomic E-state index is 11.7.